The van der Waals surface area contributed by atoms with Gasteiger partial charge in [-0.15, -0.1) is 0 Å². The topological polar surface area (TPSA) is 128 Å². The molecule has 2 rings (SSSR count). The average molecular weight is 476 g/mol. The highest BCUT2D eigenvalue weighted by Gasteiger charge is 2.30. The van der Waals surface area contributed by atoms with Gasteiger partial charge < -0.3 is 15.4 Å². The Morgan fingerprint density at radius 3 is 2.21 bits per heavy atom. The van der Waals surface area contributed by atoms with Crippen molar-refractivity contribution in [3.8, 4) is 0 Å². The molecule has 10 heteroatoms. The minimum Gasteiger partial charge on any atom is -0.451 e. The highest BCUT2D eigenvalue weighted by Crippen LogP contribution is 2.25. The van der Waals surface area contributed by atoms with Gasteiger partial charge in [-0.3, -0.25) is 19.7 Å². The van der Waals surface area contributed by atoms with Crippen LogP contribution in [0.1, 0.15) is 49.7 Å². The van der Waals surface area contributed by atoms with Gasteiger partial charge in [-0.05, 0) is 37.5 Å². The second-order valence-electron chi connectivity index (χ2n) is 7.84. The van der Waals surface area contributed by atoms with Crippen molar-refractivity contribution in [1.29, 1.82) is 0 Å². The normalized spacial score (nSPS) is 13.5. The number of halogens is 1. The first kappa shape index (κ1) is 25.8. The average Bonchev–Trinajstić information content (AvgIpc) is 2.77. The molecule has 2 N–H and O–H groups in total. The van der Waals surface area contributed by atoms with E-state index in [2.05, 4.69) is 10.6 Å². The number of nitro benzene ring substituents is 1. The smallest absolute Gasteiger partial charge is 0.329 e. The zero-order valence-corrected chi connectivity index (χ0v) is 19.5. The van der Waals surface area contributed by atoms with Crippen molar-refractivity contribution in [2.45, 2.75) is 45.9 Å². The number of carbonyl (C=O) groups excluding carboxylic acids is 3. The Morgan fingerprint density at radius 2 is 1.64 bits per heavy atom. The maximum absolute atomic E-state index is 12.7. The third kappa shape index (κ3) is 7.01. The number of hydrogen-bond donors (Lipinski definition) is 2. The van der Waals surface area contributed by atoms with Gasteiger partial charge in [0.05, 0.1) is 11.0 Å². The van der Waals surface area contributed by atoms with Crippen LogP contribution in [0.3, 0.4) is 0 Å². The maximum Gasteiger partial charge on any atom is 0.329 e. The highest BCUT2D eigenvalue weighted by atomic mass is 35.5. The second-order valence-corrected chi connectivity index (χ2v) is 8.25. The Morgan fingerprint density at radius 1 is 1.00 bits per heavy atom. The second kappa shape index (κ2) is 11.4. The van der Waals surface area contributed by atoms with Gasteiger partial charge in [0.25, 0.3) is 17.5 Å². The summed E-state index contributed by atoms with van der Waals surface area (Å²) in [6.07, 6.45) is -1.10. The molecule has 0 aromatic heterocycles. The largest absolute Gasteiger partial charge is 0.451 e. The molecule has 0 aliphatic heterocycles. The van der Waals surface area contributed by atoms with E-state index in [0.717, 1.165) is 11.6 Å². The van der Waals surface area contributed by atoms with Gasteiger partial charge in [0.1, 0.15) is 11.1 Å². The van der Waals surface area contributed by atoms with Gasteiger partial charge in [0.15, 0.2) is 6.10 Å². The number of hydrogen-bond acceptors (Lipinski definition) is 6. The number of rotatable bonds is 9. The van der Waals surface area contributed by atoms with Crippen LogP contribution in [0.15, 0.2) is 48.5 Å². The zero-order chi connectivity index (χ0) is 24.7. The summed E-state index contributed by atoms with van der Waals surface area (Å²) in [4.78, 5) is 48.2. The standard InChI is InChI=1S/C23H26ClN3O6/c1-13(2)20(26-22(29)17-10-11-18(24)19(12-17)27(31)32)23(30)33-15(4)21(28)25-14(3)16-8-6-5-7-9-16/h5-15,20H,1-4H3,(H,25,28)(H,26,29). The predicted octanol–water partition coefficient (Wildman–Crippen LogP) is 3.81. The molecule has 2 aromatic rings. The minimum absolute atomic E-state index is 0.0352. The van der Waals surface area contributed by atoms with Crippen LogP contribution in [0.25, 0.3) is 0 Å². The molecule has 0 saturated heterocycles. The number of ether oxygens (including phenoxy) is 1. The first-order chi connectivity index (χ1) is 15.5. The van der Waals surface area contributed by atoms with Crippen molar-refractivity contribution in [3.63, 3.8) is 0 Å². The predicted molar refractivity (Wildman–Crippen MR) is 123 cm³/mol. The van der Waals surface area contributed by atoms with E-state index in [-0.39, 0.29) is 22.5 Å². The molecule has 0 radical (unpaired) electrons. The van der Waals surface area contributed by atoms with Gasteiger partial charge in [0, 0.05) is 11.6 Å². The van der Waals surface area contributed by atoms with Crippen LogP contribution in [0.2, 0.25) is 5.02 Å². The summed E-state index contributed by atoms with van der Waals surface area (Å²) in [7, 11) is 0. The number of nitrogens with one attached hydrogen (secondary N) is 2. The SMILES string of the molecule is CC(OC(=O)C(NC(=O)c1ccc(Cl)c([N+](=O)[O-])c1)C(C)C)C(=O)NC(C)c1ccccc1. The quantitative estimate of drug-likeness (QED) is 0.322. The van der Waals surface area contributed by atoms with Crippen LogP contribution in [0.5, 0.6) is 0 Å². The van der Waals surface area contributed by atoms with Crippen LogP contribution in [-0.4, -0.2) is 34.9 Å². The highest BCUT2D eigenvalue weighted by molar-refractivity contribution is 6.32. The fraction of sp³-hybridized carbons (Fsp3) is 0.348. The Hall–Kier alpha value is -3.46. The van der Waals surface area contributed by atoms with Crippen LogP contribution in [0, 0.1) is 16.0 Å². The minimum atomic E-state index is -1.10. The van der Waals surface area contributed by atoms with Crippen molar-refractivity contribution in [3.05, 3.63) is 74.8 Å². The molecule has 0 saturated carbocycles. The molecule has 3 atom stereocenters. The van der Waals surface area contributed by atoms with E-state index in [1.54, 1.807) is 13.8 Å². The van der Waals surface area contributed by atoms with E-state index >= 15 is 0 Å². The fourth-order valence-electron chi connectivity index (χ4n) is 2.97. The summed E-state index contributed by atoms with van der Waals surface area (Å²) in [5.41, 5.74) is 0.437. The third-order valence-corrected chi connectivity index (χ3v) is 5.25. The number of nitro groups is 1. The molecule has 33 heavy (non-hydrogen) atoms. The molecule has 2 aromatic carbocycles. The third-order valence-electron chi connectivity index (χ3n) is 4.93. The molecule has 0 aliphatic carbocycles. The van der Waals surface area contributed by atoms with Crippen molar-refractivity contribution in [1.82, 2.24) is 10.6 Å². The molecule has 0 aliphatic rings. The van der Waals surface area contributed by atoms with Crippen LogP contribution in [0.4, 0.5) is 5.69 Å². The summed E-state index contributed by atoms with van der Waals surface area (Å²) in [5, 5.41) is 16.3. The lowest BCUT2D eigenvalue weighted by atomic mass is 10.0. The first-order valence-corrected chi connectivity index (χ1v) is 10.7. The van der Waals surface area contributed by atoms with Gasteiger partial charge >= 0.3 is 5.97 Å². The first-order valence-electron chi connectivity index (χ1n) is 10.3. The number of esters is 1. The molecule has 0 bridgehead atoms. The van der Waals surface area contributed by atoms with Crippen LogP contribution >= 0.6 is 11.6 Å². The van der Waals surface area contributed by atoms with E-state index in [1.165, 1.54) is 19.1 Å². The van der Waals surface area contributed by atoms with Gasteiger partial charge in [0.2, 0.25) is 0 Å². The molecule has 0 spiro atoms. The summed E-state index contributed by atoms with van der Waals surface area (Å²) >= 11 is 5.78. The van der Waals surface area contributed by atoms with E-state index in [0.29, 0.717) is 0 Å². The van der Waals surface area contributed by atoms with E-state index in [4.69, 9.17) is 16.3 Å². The lowest BCUT2D eigenvalue weighted by Gasteiger charge is -2.24. The molecule has 0 fully saturated rings. The summed E-state index contributed by atoms with van der Waals surface area (Å²) in [5.74, 6) is -2.36. The van der Waals surface area contributed by atoms with E-state index in [1.807, 2.05) is 37.3 Å². The van der Waals surface area contributed by atoms with Crippen molar-refractivity contribution >= 4 is 35.1 Å². The number of amides is 2. The lowest BCUT2D eigenvalue weighted by molar-refractivity contribution is -0.384. The summed E-state index contributed by atoms with van der Waals surface area (Å²) in [6.45, 7) is 6.63. The van der Waals surface area contributed by atoms with Gasteiger partial charge in [-0.1, -0.05) is 55.8 Å². The van der Waals surface area contributed by atoms with E-state index < -0.39 is 40.5 Å². The lowest BCUT2D eigenvalue weighted by Crippen LogP contribution is -2.47. The Labute approximate surface area is 196 Å². The molecule has 9 nitrogen and oxygen atoms in total. The number of nitrogens with zero attached hydrogens (tertiary/aromatic N) is 1. The maximum atomic E-state index is 12.7. The van der Waals surface area contributed by atoms with E-state index in [9.17, 15) is 24.5 Å². The number of carbonyl (C=O) groups is 3. The van der Waals surface area contributed by atoms with Gasteiger partial charge in [-0.25, -0.2) is 4.79 Å². The summed E-state index contributed by atoms with van der Waals surface area (Å²) in [6, 6.07) is 11.5. The monoisotopic (exact) mass is 475 g/mol. The molecular formula is C23H26ClN3O6. The number of benzene rings is 2. The Bertz CT molecular complexity index is 1030. The van der Waals surface area contributed by atoms with Crippen molar-refractivity contribution < 1.29 is 24.0 Å². The Kier molecular flexibility index (Phi) is 8.93. The summed E-state index contributed by atoms with van der Waals surface area (Å²) < 4.78 is 5.30. The van der Waals surface area contributed by atoms with Crippen LogP contribution < -0.4 is 10.6 Å². The molecule has 2 amide bonds. The van der Waals surface area contributed by atoms with Crippen molar-refractivity contribution in [2.24, 2.45) is 5.92 Å². The Balaban J connectivity index is 2.04. The fourth-order valence-corrected chi connectivity index (χ4v) is 3.16. The molecular weight excluding hydrogens is 450 g/mol. The van der Waals surface area contributed by atoms with Gasteiger partial charge in [-0.2, -0.15) is 0 Å². The molecule has 3 unspecified atom stereocenters. The van der Waals surface area contributed by atoms with Crippen molar-refractivity contribution in [2.75, 3.05) is 0 Å². The zero-order valence-electron chi connectivity index (χ0n) is 18.7. The van der Waals surface area contributed by atoms with Crippen LogP contribution in [-0.2, 0) is 14.3 Å². The molecule has 0 heterocycles. The molecule has 176 valence electrons.